The Labute approximate surface area is 186 Å². The van der Waals surface area contributed by atoms with E-state index in [1.54, 1.807) is 0 Å². The molecule has 0 aliphatic rings. The van der Waals surface area contributed by atoms with Crippen LogP contribution >= 0.6 is 0 Å². The van der Waals surface area contributed by atoms with Gasteiger partial charge in [0.05, 0.1) is 11.5 Å². The van der Waals surface area contributed by atoms with Gasteiger partial charge in [0.25, 0.3) is 15.5 Å². The molecule has 0 amide bonds. The van der Waals surface area contributed by atoms with Gasteiger partial charge in [0.1, 0.15) is 0 Å². The van der Waals surface area contributed by atoms with E-state index in [2.05, 4.69) is 4.18 Å². The summed E-state index contributed by atoms with van der Waals surface area (Å²) >= 11 is 0. The van der Waals surface area contributed by atoms with E-state index >= 15 is 0 Å². The molecule has 0 bridgehead atoms. The molecule has 1 rings (SSSR count). The summed E-state index contributed by atoms with van der Waals surface area (Å²) in [6.45, 7) is -3.85. The first-order chi connectivity index (χ1) is 13.1. The summed E-state index contributed by atoms with van der Waals surface area (Å²) < 4.78 is 196. The van der Waals surface area contributed by atoms with Crippen molar-refractivity contribution in [3.8, 4) is 0 Å². The van der Waals surface area contributed by atoms with E-state index < -0.39 is 57.4 Å². The summed E-state index contributed by atoms with van der Waals surface area (Å²) in [6, 6.07) is 3.86. The van der Waals surface area contributed by atoms with Crippen molar-refractivity contribution in [3.05, 3.63) is 30.3 Å². The molecule has 3 nitrogen and oxygen atoms in total. The van der Waals surface area contributed by atoms with Crippen molar-refractivity contribution in [3.63, 3.8) is 0 Å². The molecule has 176 valence electrons. The summed E-state index contributed by atoms with van der Waals surface area (Å²) in [6.07, 6.45) is -22.7. The quantitative estimate of drug-likeness (QED) is 0.315. The van der Waals surface area contributed by atoms with Gasteiger partial charge in [-0.2, -0.15) is 65.5 Å². The van der Waals surface area contributed by atoms with Crippen LogP contribution in [-0.2, 0) is 14.3 Å². The average molecular weight is 514 g/mol. The van der Waals surface area contributed by atoms with Gasteiger partial charge in [-0.15, -0.1) is 0 Å². The molecule has 0 radical (unpaired) electrons. The second-order valence-corrected chi connectivity index (χ2v) is 7.19. The molecule has 0 spiro atoms. The van der Waals surface area contributed by atoms with Crippen LogP contribution in [0, 0.1) is 5.41 Å². The normalized spacial score (nSPS) is 14.9. The second kappa shape index (κ2) is 8.87. The monoisotopic (exact) mass is 514 g/mol. The van der Waals surface area contributed by atoms with Crippen molar-refractivity contribution in [2.75, 3.05) is 6.61 Å². The average Bonchev–Trinajstić information content (AvgIpc) is 2.51. The summed E-state index contributed by atoms with van der Waals surface area (Å²) in [5.41, 5.74) is -7.26. The van der Waals surface area contributed by atoms with Gasteiger partial charge in [-0.25, -0.2) is 0 Å². The molecule has 0 unspecified atom stereocenters. The zero-order valence-corrected chi connectivity index (χ0v) is 14.5. The van der Waals surface area contributed by atoms with E-state index in [1.807, 2.05) is 0 Å². The standard InChI is InChI=1S/C13H7F13O3S.Na.H/c14-9(15,10(16,17)13(24,25)26)8(11(18,19)20,12(21,22)23)6-29-30(27,28)7-4-2-1-3-5-7;;/h1-5H,6H2;;. The van der Waals surface area contributed by atoms with Gasteiger partial charge >= 0.3 is 59.9 Å². The van der Waals surface area contributed by atoms with Crippen molar-refractivity contribution >= 4 is 39.7 Å². The van der Waals surface area contributed by atoms with Gasteiger partial charge in [0, 0.05) is 0 Å². The number of halogens is 13. The van der Waals surface area contributed by atoms with Crippen molar-refractivity contribution in [2.45, 2.75) is 35.3 Å². The van der Waals surface area contributed by atoms with E-state index in [0.29, 0.717) is 12.1 Å². The molecule has 0 aliphatic carbocycles. The Kier molecular flexibility index (Phi) is 8.65. The SMILES string of the molecule is O=S(=O)(OCC(C(F)(F)F)(C(F)(F)F)C(F)(F)C(F)(F)C(F)(F)F)c1ccccc1.[NaH]. The predicted octanol–water partition coefficient (Wildman–Crippen LogP) is 4.69. The number of benzene rings is 1. The maximum absolute atomic E-state index is 13.8. The topological polar surface area (TPSA) is 43.4 Å². The Morgan fingerprint density at radius 1 is 0.645 bits per heavy atom. The third kappa shape index (κ3) is 5.09. The number of hydrogen-bond acceptors (Lipinski definition) is 3. The molecule has 18 heteroatoms. The van der Waals surface area contributed by atoms with Crippen LogP contribution in [0.2, 0.25) is 0 Å². The van der Waals surface area contributed by atoms with Gasteiger partial charge in [-0.3, -0.25) is 4.18 Å². The Morgan fingerprint density at radius 3 is 1.35 bits per heavy atom. The van der Waals surface area contributed by atoms with Crippen molar-refractivity contribution in [1.29, 1.82) is 0 Å². The molecule has 0 saturated heterocycles. The molecule has 0 saturated carbocycles. The van der Waals surface area contributed by atoms with Gasteiger partial charge in [0.2, 0.25) is 0 Å². The Morgan fingerprint density at radius 2 is 1.03 bits per heavy atom. The fraction of sp³-hybridized carbons (Fsp3) is 0.538. The summed E-state index contributed by atoms with van der Waals surface area (Å²) in [5, 5.41) is 0. The first-order valence-electron chi connectivity index (χ1n) is 6.96. The van der Waals surface area contributed by atoms with Gasteiger partial charge in [-0.05, 0) is 12.1 Å². The molecule has 0 N–H and O–H groups in total. The maximum atomic E-state index is 13.8. The van der Waals surface area contributed by atoms with Gasteiger partial charge in [0.15, 0.2) is 0 Å². The molecule has 0 fully saturated rings. The molecule has 0 aliphatic heterocycles. The van der Waals surface area contributed by atoms with Crippen LogP contribution < -0.4 is 0 Å². The fourth-order valence-electron chi connectivity index (χ4n) is 2.04. The molecule has 0 heterocycles. The second-order valence-electron chi connectivity index (χ2n) is 5.58. The number of alkyl halides is 13. The van der Waals surface area contributed by atoms with Crippen LogP contribution in [0.4, 0.5) is 57.1 Å². The molecule has 31 heavy (non-hydrogen) atoms. The zero-order chi connectivity index (χ0) is 24.0. The van der Waals surface area contributed by atoms with Crippen LogP contribution in [-0.4, -0.2) is 75.0 Å². The van der Waals surface area contributed by atoms with E-state index in [4.69, 9.17) is 0 Å². The fourth-order valence-corrected chi connectivity index (χ4v) is 3.00. The Bertz CT molecular complexity index is 830. The van der Waals surface area contributed by atoms with Gasteiger partial charge in [-0.1, -0.05) is 18.2 Å². The first kappa shape index (κ1) is 30.2. The third-order valence-corrected chi connectivity index (χ3v) is 4.99. The molecular weight excluding hydrogens is 506 g/mol. The summed E-state index contributed by atoms with van der Waals surface area (Å²) in [7, 11) is -5.71. The number of rotatable bonds is 6. The summed E-state index contributed by atoms with van der Waals surface area (Å²) in [4.78, 5) is -1.19. The Hall–Kier alpha value is -0.780. The molecule has 1 aromatic rings. The van der Waals surface area contributed by atoms with Crippen molar-refractivity contribution in [2.24, 2.45) is 5.41 Å². The molecule has 0 aromatic heterocycles. The summed E-state index contributed by atoms with van der Waals surface area (Å²) in [5.74, 6) is -15.9. The third-order valence-electron chi connectivity index (χ3n) is 3.72. The van der Waals surface area contributed by atoms with Crippen LogP contribution in [0.25, 0.3) is 0 Å². The van der Waals surface area contributed by atoms with Crippen LogP contribution in [0.5, 0.6) is 0 Å². The molecular formula is C13H8F13NaO3S. The minimum absolute atomic E-state index is 0. The van der Waals surface area contributed by atoms with Crippen LogP contribution in [0.15, 0.2) is 35.2 Å². The van der Waals surface area contributed by atoms with Crippen LogP contribution in [0.3, 0.4) is 0 Å². The van der Waals surface area contributed by atoms with Crippen molar-refractivity contribution in [1.82, 2.24) is 0 Å². The molecule has 1 aromatic carbocycles. The first-order valence-corrected chi connectivity index (χ1v) is 8.37. The Balaban J connectivity index is 0.00000900. The van der Waals surface area contributed by atoms with Crippen molar-refractivity contribution < 1.29 is 69.7 Å². The van der Waals surface area contributed by atoms with E-state index in [9.17, 15) is 65.5 Å². The predicted molar refractivity (Wildman–Crippen MR) is 77.2 cm³/mol. The van der Waals surface area contributed by atoms with E-state index in [1.165, 1.54) is 0 Å². The minimum atomic E-state index is -7.97. The van der Waals surface area contributed by atoms with Gasteiger partial charge < -0.3 is 0 Å². The zero-order valence-electron chi connectivity index (χ0n) is 13.6. The van der Waals surface area contributed by atoms with Crippen LogP contribution in [0.1, 0.15) is 0 Å². The van der Waals surface area contributed by atoms with E-state index in [-0.39, 0.29) is 29.6 Å². The molecule has 0 atom stereocenters. The number of hydrogen-bond donors (Lipinski definition) is 0. The van der Waals surface area contributed by atoms with E-state index in [0.717, 1.165) is 18.2 Å².